The Morgan fingerprint density at radius 1 is 1.06 bits per heavy atom. The number of aromatic amines is 1. The molecule has 0 aliphatic carbocycles. The van der Waals surface area contributed by atoms with Crippen molar-refractivity contribution in [1.82, 2.24) is 9.97 Å². The summed E-state index contributed by atoms with van der Waals surface area (Å²) in [5, 5.41) is 15.6. The molecule has 0 unspecified atom stereocenters. The minimum atomic E-state index is -3.97. The molecule has 0 radical (unpaired) electrons. The number of hydrogen-bond acceptors (Lipinski definition) is 7. The van der Waals surface area contributed by atoms with Crippen molar-refractivity contribution in [2.24, 2.45) is 10.9 Å². The van der Waals surface area contributed by atoms with Crippen molar-refractivity contribution in [3.05, 3.63) is 87.0 Å². The monoisotopic (exact) mass is 494 g/mol. The van der Waals surface area contributed by atoms with Crippen molar-refractivity contribution in [3.8, 4) is 22.4 Å². The van der Waals surface area contributed by atoms with Gasteiger partial charge in [-0.1, -0.05) is 47.7 Å². The number of nitrogens with one attached hydrogen (secondary N) is 3. The number of thiazole rings is 1. The molecule has 0 aliphatic heterocycles. The van der Waals surface area contributed by atoms with Gasteiger partial charge in [0.2, 0.25) is 10.0 Å². The molecule has 2 aromatic heterocycles. The molecule has 4 rings (SSSR count). The molecule has 34 heavy (non-hydrogen) atoms. The number of benzene rings is 2. The molecule has 0 spiro atoms. The largest absolute Gasteiger partial charge is 0.384 e. The summed E-state index contributed by atoms with van der Waals surface area (Å²) in [7, 11) is -3.97. The second kappa shape index (κ2) is 9.02. The highest BCUT2D eigenvalue weighted by atomic mass is 32.2. The van der Waals surface area contributed by atoms with Gasteiger partial charge in [0.1, 0.15) is 16.5 Å². The zero-order valence-electron chi connectivity index (χ0n) is 17.4. The van der Waals surface area contributed by atoms with Gasteiger partial charge in [-0.2, -0.15) is 0 Å². The zero-order valence-corrected chi connectivity index (χ0v) is 19.0. The molecule has 0 atom stereocenters. The Labute approximate surface area is 197 Å². The fourth-order valence-electron chi connectivity index (χ4n) is 3.33. The predicted molar refractivity (Wildman–Crippen MR) is 130 cm³/mol. The van der Waals surface area contributed by atoms with E-state index in [1.54, 1.807) is 48.5 Å². The van der Waals surface area contributed by atoms with E-state index in [1.165, 1.54) is 18.3 Å². The van der Waals surface area contributed by atoms with Crippen LogP contribution in [0.5, 0.6) is 0 Å². The highest BCUT2D eigenvalue weighted by Gasteiger charge is 2.20. The molecule has 0 saturated heterocycles. The molecular weight excluding hydrogens is 476 g/mol. The highest BCUT2D eigenvalue weighted by Crippen LogP contribution is 2.29. The van der Waals surface area contributed by atoms with E-state index in [9.17, 15) is 18.0 Å². The first-order valence-electron chi connectivity index (χ1n) is 9.71. The number of sulfonamides is 1. The van der Waals surface area contributed by atoms with Gasteiger partial charge in [0.05, 0.1) is 10.6 Å². The fraction of sp³-hybridized carbons (Fsp3) is 0. The van der Waals surface area contributed by atoms with Crippen LogP contribution < -0.4 is 21.1 Å². The molecule has 0 fully saturated rings. The van der Waals surface area contributed by atoms with Crippen LogP contribution in [0.3, 0.4) is 0 Å². The van der Waals surface area contributed by atoms with Gasteiger partial charge in [-0.25, -0.2) is 18.5 Å². The lowest BCUT2D eigenvalue weighted by molar-refractivity contribution is 0.103. The molecule has 0 aliphatic rings. The van der Waals surface area contributed by atoms with Crippen LogP contribution in [0, 0.1) is 5.41 Å². The van der Waals surface area contributed by atoms with Crippen molar-refractivity contribution in [3.63, 3.8) is 0 Å². The SMILES string of the molecule is N=C(N)c1cccc(-c2[nH]c(=O)sc2C(=O)Nc2cc(-c3ccccc3S(N)(=O)=O)ccn2)c1. The minimum Gasteiger partial charge on any atom is -0.384 e. The minimum absolute atomic E-state index is 0.0602. The fourth-order valence-corrected chi connectivity index (χ4v) is 4.84. The van der Waals surface area contributed by atoms with Gasteiger partial charge in [0, 0.05) is 22.9 Å². The molecule has 7 N–H and O–H groups in total. The summed E-state index contributed by atoms with van der Waals surface area (Å²) in [6.45, 7) is 0. The number of rotatable bonds is 6. The van der Waals surface area contributed by atoms with Crippen molar-refractivity contribution in [2.45, 2.75) is 4.90 Å². The molecule has 12 heteroatoms. The van der Waals surface area contributed by atoms with Crippen LogP contribution in [0.2, 0.25) is 0 Å². The van der Waals surface area contributed by atoms with Crippen molar-refractivity contribution in [1.29, 1.82) is 5.41 Å². The summed E-state index contributed by atoms with van der Waals surface area (Å²) >= 11 is 0.726. The number of pyridine rings is 1. The number of hydrogen-bond donors (Lipinski definition) is 5. The van der Waals surface area contributed by atoms with Crippen LogP contribution in [0.15, 0.2) is 76.6 Å². The third-order valence-corrected chi connectivity index (χ3v) is 6.67. The second-order valence-electron chi connectivity index (χ2n) is 7.14. The molecule has 0 saturated carbocycles. The Morgan fingerprint density at radius 3 is 2.56 bits per heavy atom. The number of carbonyl (C=O) groups is 1. The van der Waals surface area contributed by atoms with Crippen molar-refractivity contribution < 1.29 is 13.2 Å². The first-order valence-corrected chi connectivity index (χ1v) is 12.1. The number of nitrogens with zero attached hydrogens (tertiary/aromatic N) is 1. The zero-order chi connectivity index (χ0) is 24.5. The van der Waals surface area contributed by atoms with Gasteiger partial charge in [0.25, 0.3) is 5.91 Å². The average molecular weight is 495 g/mol. The summed E-state index contributed by atoms with van der Waals surface area (Å²) in [5.41, 5.74) is 7.62. The number of amides is 1. The smallest absolute Gasteiger partial charge is 0.305 e. The summed E-state index contributed by atoms with van der Waals surface area (Å²) in [5.74, 6) is -0.585. The predicted octanol–water partition coefficient (Wildman–Crippen LogP) is 2.35. The van der Waals surface area contributed by atoms with Gasteiger partial charge in [-0.15, -0.1) is 0 Å². The molecule has 1 amide bonds. The van der Waals surface area contributed by atoms with Crippen LogP contribution in [0.25, 0.3) is 22.4 Å². The summed E-state index contributed by atoms with van der Waals surface area (Å²) in [4.78, 5) is 31.5. The summed E-state index contributed by atoms with van der Waals surface area (Å²) < 4.78 is 23.9. The Kier molecular flexibility index (Phi) is 6.11. The molecule has 2 heterocycles. The molecule has 2 aromatic carbocycles. The first kappa shape index (κ1) is 23.0. The number of anilines is 1. The van der Waals surface area contributed by atoms with Crippen LogP contribution in [0.1, 0.15) is 15.2 Å². The number of carbonyl (C=O) groups excluding carboxylic acids is 1. The van der Waals surface area contributed by atoms with E-state index in [-0.39, 0.29) is 27.1 Å². The van der Waals surface area contributed by atoms with E-state index >= 15 is 0 Å². The normalized spacial score (nSPS) is 11.2. The number of primary sulfonamides is 1. The lowest BCUT2D eigenvalue weighted by Gasteiger charge is -2.10. The lowest BCUT2D eigenvalue weighted by atomic mass is 10.1. The number of amidine groups is 1. The van der Waals surface area contributed by atoms with Crippen LogP contribution in [-0.4, -0.2) is 30.1 Å². The first-order chi connectivity index (χ1) is 16.1. The summed E-state index contributed by atoms with van der Waals surface area (Å²) in [6.07, 6.45) is 1.42. The van der Waals surface area contributed by atoms with Gasteiger partial charge in [0.15, 0.2) is 0 Å². The molecule has 0 bridgehead atoms. The van der Waals surface area contributed by atoms with Gasteiger partial charge >= 0.3 is 4.87 Å². The third kappa shape index (κ3) is 4.78. The van der Waals surface area contributed by atoms with E-state index in [2.05, 4.69) is 15.3 Å². The van der Waals surface area contributed by atoms with Gasteiger partial charge in [-0.05, 0) is 29.8 Å². The maximum absolute atomic E-state index is 13.0. The Morgan fingerprint density at radius 2 is 1.82 bits per heavy atom. The Balaban J connectivity index is 1.68. The molecular formula is C22H18N6O4S2. The highest BCUT2D eigenvalue weighted by molar-refractivity contribution is 7.89. The van der Waals surface area contributed by atoms with Crippen LogP contribution in [-0.2, 0) is 10.0 Å². The van der Waals surface area contributed by atoms with E-state index in [0.29, 0.717) is 22.3 Å². The molecule has 172 valence electrons. The molecule has 10 nitrogen and oxygen atoms in total. The lowest BCUT2D eigenvalue weighted by Crippen LogP contribution is -2.14. The van der Waals surface area contributed by atoms with E-state index in [4.69, 9.17) is 16.3 Å². The Bertz CT molecular complexity index is 1590. The number of H-pyrrole nitrogens is 1. The van der Waals surface area contributed by atoms with Crippen molar-refractivity contribution in [2.75, 3.05) is 5.32 Å². The quantitative estimate of drug-likeness (QED) is 0.202. The standard InChI is InChI=1S/C22H18N6O4S2/c23-20(24)14-5-3-4-13(10-14)18-19(33-22(30)28-18)21(29)27-17-11-12(8-9-26-17)15-6-1-2-7-16(15)34(25,31)32/h1-11H,(H3,23,24)(H,28,30)(H2,25,31,32)(H,26,27,29). The maximum Gasteiger partial charge on any atom is 0.305 e. The van der Waals surface area contributed by atoms with Gasteiger partial charge in [-0.3, -0.25) is 15.0 Å². The Hall–Kier alpha value is -4.13. The average Bonchev–Trinajstić information content (AvgIpc) is 3.21. The molecule has 4 aromatic rings. The van der Waals surface area contributed by atoms with E-state index in [1.807, 2.05) is 0 Å². The number of nitrogen functional groups attached to an aromatic ring is 1. The third-order valence-electron chi connectivity index (χ3n) is 4.82. The van der Waals surface area contributed by atoms with Crippen LogP contribution >= 0.6 is 11.3 Å². The van der Waals surface area contributed by atoms with E-state index < -0.39 is 20.8 Å². The van der Waals surface area contributed by atoms with Crippen molar-refractivity contribution >= 4 is 38.9 Å². The van der Waals surface area contributed by atoms with Gasteiger partial charge < -0.3 is 16.0 Å². The second-order valence-corrected chi connectivity index (χ2v) is 9.65. The van der Waals surface area contributed by atoms with Crippen LogP contribution in [0.4, 0.5) is 5.82 Å². The number of nitrogens with two attached hydrogens (primary N) is 2. The summed E-state index contributed by atoms with van der Waals surface area (Å²) in [6, 6.07) is 15.9. The topological polar surface area (TPSA) is 185 Å². The van der Waals surface area contributed by atoms with E-state index in [0.717, 1.165) is 11.3 Å². The maximum atomic E-state index is 13.0. The number of aromatic nitrogens is 2.